The highest BCUT2D eigenvalue weighted by Crippen LogP contribution is 2.29. The third-order valence-electron chi connectivity index (χ3n) is 1.92. The number of nitrogens with two attached hydrogens (primary N) is 1. The topological polar surface area (TPSA) is 71.2 Å². The van der Waals surface area contributed by atoms with Crippen LogP contribution in [0.15, 0.2) is 6.20 Å². The van der Waals surface area contributed by atoms with Crippen LogP contribution in [0.3, 0.4) is 0 Å². The molecule has 0 aliphatic rings. The molecule has 1 unspecified atom stereocenters. The monoisotopic (exact) mass is 201 g/mol. The van der Waals surface area contributed by atoms with Crippen LogP contribution in [0.5, 0.6) is 0 Å². The molecule has 1 aromatic rings. The first-order valence-electron chi connectivity index (χ1n) is 4.15. The second-order valence-electron chi connectivity index (χ2n) is 3.19. The van der Waals surface area contributed by atoms with E-state index in [0.717, 1.165) is 11.4 Å². The maximum Gasteiger partial charge on any atom is 0.180 e. The van der Waals surface area contributed by atoms with Gasteiger partial charge in [0.2, 0.25) is 0 Å². The second-order valence-corrected chi connectivity index (χ2v) is 4.25. The smallest absolute Gasteiger partial charge is 0.180 e. The number of nitrogens with zero attached hydrogens (tertiary/aromatic N) is 1. The number of nitrogens with one attached hydrogen (secondary N) is 1. The first-order chi connectivity index (χ1) is 6.06. The molecule has 74 valence electrons. The fourth-order valence-corrected chi connectivity index (χ4v) is 1.79. The highest BCUT2D eigenvalue weighted by Gasteiger charge is 2.24. The molecular weight excluding hydrogens is 186 g/mol. The van der Waals surface area contributed by atoms with Crippen molar-refractivity contribution in [3.63, 3.8) is 0 Å². The molecule has 0 amide bonds. The van der Waals surface area contributed by atoms with Gasteiger partial charge in [0.15, 0.2) is 5.13 Å². The van der Waals surface area contributed by atoms with Gasteiger partial charge in [-0.25, -0.2) is 4.98 Å². The standard InChI is InChI=1S/C8H15N3OS/c1-8(12,3-4-10-2)6-5-11-7(9)13-6/h5,10,12H,3-4H2,1-2H3,(H2,9,11). The molecule has 0 saturated heterocycles. The minimum absolute atomic E-state index is 0.500. The van der Waals surface area contributed by atoms with E-state index in [4.69, 9.17) is 5.73 Å². The van der Waals surface area contributed by atoms with E-state index in [9.17, 15) is 5.11 Å². The van der Waals surface area contributed by atoms with Crippen molar-refractivity contribution in [3.05, 3.63) is 11.1 Å². The lowest BCUT2D eigenvalue weighted by molar-refractivity contribution is 0.0521. The third-order valence-corrected chi connectivity index (χ3v) is 3.00. The van der Waals surface area contributed by atoms with Crippen molar-refractivity contribution in [1.29, 1.82) is 0 Å². The van der Waals surface area contributed by atoms with Crippen molar-refractivity contribution in [2.45, 2.75) is 18.9 Å². The lowest BCUT2D eigenvalue weighted by Crippen LogP contribution is -2.25. The molecule has 0 aromatic carbocycles. The number of thiazole rings is 1. The van der Waals surface area contributed by atoms with Gasteiger partial charge in [0.25, 0.3) is 0 Å². The van der Waals surface area contributed by atoms with Gasteiger partial charge in [0.05, 0.1) is 10.5 Å². The van der Waals surface area contributed by atoms with E-state index >= 15 is 0 Å². The maximum absolute atomic E-state index is 10.0. The molecule has 1 rings (SSSR count). The van der Waals surface area contributed by atoms with Crippen molar-refractivity contribution < 1.29 is 5.11 Å². The van der Waals surface area contributed by atoms with Crippen LogP contribution in [0.1, 0.15) is 18.2 Å². The minimum Gasteiger partial charge on any atom is -0.385 e. The summed E-state index contributed by atoms with van der Waals surface area (Å²) in [7, 11) is 1.86. The second kappa shape index (κ2) is 4.04. The van der Waals surface area contributed by atoms with Crippen molar-refractivity contribution in [3.8, 4) is 0 Å². The summed E-state index contributed by atoms with van der Waals surface area (Å²) in [4.78, 5) is 4.73. The highest BCUT2D eigenvalue weighted by molar-refractivity contribution is 7.15. The molecule has 0 aliphatic carbocycles. The highest BCUT2D eigenvalue weighted by atomic mass is 32.1. The third kappa shape index (κ3) is 2.65. The molecule has 0 aliphatic heterocycles. The van der Waals surface area contributed by atoms with Crippen LogP contribution in [0, 0.1) is 0 Å². The Balaban J connectivity index is 2.68. The summed E-state index contributed by atoms with van der Waals surface area (Å²) in [5, 5.41) is 13.5. The van der Waals surface area contributed by atoms with Crippen LogP contribution in [0.2, 0.25) is 0 Å². The van der Waals surface area contributed by atoms with Crippen LogP contribution >= 0.6 is 11.3 Å². The van der Waals surface area contributed by atoms with Crippen LogP contribution in [-0.2, 0) is 5.60 Å². The average Bonchev–Trinajstić information content (AvgIpc) is 2.49. The molecule has 1 heterocycles. The largest absolute Gasteiger partial charge is 0.385 e. The molecule has 4 nitrogen and oxygen atoms in total. The van der Waals surface area contributed by atoms with Crippen molar-refractivity contribution in [2.24, 2.45) is 0 Å². The van der Waals surface area contributed by atoms with E-state index in [1.165, 1.54) is 11.3 Å². The predicted octanol–water partition coefficient (Wildman–Crippen LogP) is 0.542. The average molecular weight is 201 g/mol. The van der Waals surface area contributed by atoms with Crippen LogP contribution in [-0.4, -0.2) is 23.7 Å². The summed E-state index contributed by atoms with van der Waals surface area (Å²) in [6, 6.07) is 0. The molecule has 0 spiro atoms. The molecule has 0 saturated carbocycles. The van der Waals surface area contributed by atoms with Crippen molar-refractivity contribution >= 4 is 16.5 Å². The fraction of sp³-hybridized carbons (Fsp3) is 0.625. The van der Waals surface area contributed by atoms with Gasteiger partial charge < -0.3 is 16.2 Å². The first-order valence-corrected chi connectivity index (χ1v) is 4.96. The number of rotatable bonds is 4. The molecule has 13 heavy (non-hydrogen) atoms. The van der Waals surface area contributed by atoms with Gasteiger partial charge in [-0.3, -0.25) is 0 Å². The number of aliphatic hydroxyl groups is 1. The molecule has 0 bridgehead atoms. The van der Waals surface area contributed by atoms with E-state index in [1.807, 2.05) is 7.05 Å². The van der Waals surface area contributed by atoms with E-state index in [-0.39, 0.29) is 0 Å². The van der Waals surface area contributed by atoms with Crippen LogP contribution in [0.4, 0.5) is 5.13 Å². The summed E-state index contributed by atoms with van der Waals surface area (Å²) < 4.78 is 0. The zero-order chi connectivity index (χ0) is 9.90. The lowest BCUT2D eigenvalue weighted by Gasteiger charge is -2.20. The van der Waals surface area contributed by atoms with Crippen molar-refractivity contribution in [2.75, 3.05) is 19.3 Å². The first kappa shape index (κ1) is 10.4. The quantitative estimate of drug-likeness (QED) is 0.665. The van der Waals surface area contributed by atoms with E-state index in [0.29, 0.717) is 11.6 Å². The van der Waals surface area contributed by atoms with Gasteiger partial charge in [-0.1, -0.05) is 11.3 Å². The minimum atomic E-state index is -0.821. The summed E-state index contributed by atoms with van der Waals surface area (Å²) in [6.45, 7) is 2.54. The lowest BCUT2D eigenvalue weighted by atomic mass is 10.0. The fourth-order valence-electron chi connectivity index (χ4n) is 1.03. The number of nitrogen functional groups attached to an aromatic ring is 1. The summed E-state index contributed by atoms with van der Waals surface area (Å²) in [5.74, 6) is 0. The Morgan fingerprint density at radius 3 is 2.92 bits per heavy atom. The van der Waals surface area contributed by atoms with Gasteiger partial charge in [-0.15, -0.1) is 0 Å². The normalized spacial score (nSPS) is 15.6. The van der Waals surface area contributed by atoms with Crippen LogP contribution in [0.25, 0.3) is 0 Å². The van der Waals surface area contributed by atoms with E-state index < -0.39 is 5.60 Å². The van der Waals surface area contributed by atoms with Gasteiger partial charge in [0, 0.05) is 6.20 Å². The molecule has 1 aromatic heterocycles. The van der Waals surface area contributed by atoms with Gasteiger partial charge >= 0.3 is 0 Å². The van der Waals surface area contributed by atoms with Crippen molar-refractivity contribution in [1.82, 2.24) is 10.3 Å². The number of hydrogen-bond donors (Lipinski definition) is 3. The van der Waals surface area contributed by atoms with Gasteiger partial charge in [-0.05, 0) is 26.9 Å². The Kier molecular flexibility index (Phi) is 3.24. The Morgan fingerprint density at radius 2 is 2.46 bits per heavy atom. The predicted molar refractivity (Wildman–Crippen MR) is 54.6 cm³/mol. The molecule has 0 fully saturated rings. The molecule has 5 heteroatoms. The van der Waals surface area contributed by atoms with Crippen LogP contribution < -0.4 is 11.1 Å². The number of anilines is 1. The zero-order valence-corrected chi connectivity index (χ0v) is 8.69. The molecular formula is C8H15N3OS. The Hall–Kier alpha value is -0.650. The summed E-state index contributed by atoms with van der Waals surface area (Å²) in [6.07, 6.45) is 2.29. The molecule has 4 N–H and O–H groups in total. The zero-order valence-electron chi connectivity index (χ0n) is 7.87. The Morgan fingerprint density at radius 1 is 1.77 bits per heavy atom. The van der Waals surface area contributed by atoms with Gasteiger partial charge in [0.1, 0.15) is 0 Å². The SMILES string of the molecule is CNCCC(C)(O)c1cnc(N)s1. The summed E-state index contributed by atoms with van der Waals surface area (Å²) >= 11 is 1.33. The summed E-state index contributed by atoms with van der Waals surface area (Å²) in [5.41, 5.74) is 4.66. The van der Waals surface area contributed by atoms with E-state index in [2.05, 4.69) is 10.3 Å². The maximum atomic E-state index is 10.0. The Labute approximate surface area is 81.8 Å². The van der Waals surface area contributed by atoms with Gasteiger partial charge in [-0.2, -0.15) is 0 Å². The van der Waals surface area contributed by atoms with E-state index in [1.54, 1.807) is 13.1 Å². The molecule has 1 atom stereocenters. The number of aromatic nitrogens is 1. The Bertz CT molecular complexity index is 272. The number of hydrogen-bond acceptors (Lipinski definition) is 5. The molecule has 0 radical (unpaired) electrons.